The molecule has 21 heavy (non-hydrogen) atoms. The molecule has 0 aliphatic carbocycles. The molecule has 0 saturated heterocycles. The molecule has 2 rings (SSSR count). The van der Waals surface area contributed by atoms with Crippen LogP contribution in [0.5, 0.6) is 5.75 Å². The van der Waals surface area contributed by atoms with Gasteiger partial charge >= 0.3 is 0 Å². The van der Waals surface area contributed by atoms with E-state index in [1.807, 2.05) is 33.0 Å². The molecule has 0 fully saturated rings. The molecule has 2 aromatic carbocycles. The maximum Gasteiger partial charge on any atom is 0.124 e. The van der Waals surface area contributed by atoms with Gasteiger partial charge in [-0.2, -0.15) is 0 Å². The molecular weight excluding hydrogens is 289 g/mol. The molecular formula is C17H19ClFNO. The van der Waals surface area contributed by atoms with Crippen LogP contribution in [0.2, 0.25) is 5.02 Å². The number of ether oxygens (including phenoxy) is 1. The van der Waals surface area contributed by atoms with Gasteiger partial charge < -0.3 is 10.1 Å². The Hall–Kier alpha value is -1.58. The van der Waals surface area contributed by atoms with Crippen molar-refractivity contribution in [1.29, 1.82) is 0 Å². The van der Waals surface area contributed by atoms with Crippen LogP contribution >= 0.6 is 11.6 Å². The minimum atomic E-state index is -0.251. The van der Waals surface area contributed by atoms with Crippen LogP contribution in [-0.4, -0.2) is 7.05 Å². The lowest BCUT2D eigenvalue weighted by Crippen LogP contribution is -2.14. The van der Waals surface area contributed by atoms with Gasteiger partial charge in [0.2, 0.25) is 0 Å². The van der Waals surface area contributed by atoms with E-state index in [-0.39, 0.29) is 11.9 Å². The number of nitrogens with one attached hydrogen (secondary N) is 1. The Bertz CT molecular complexity index is 630. The zero-order chi connectivity index (χ0) is 15.4. The molecule has 0 aliphatic heterocycles. The van der Waals surface area contributed by atoms with E-state index in [1.54, 1.807) is 12.1 Å². The minimum absolute atomic E-state index is 0.118. The zero-order valence-electron chi connectivity index (χ0n) is 12.4. The quantitative estimate of drug-likeness (QED) is 0.868. The molecule has 112 valence electrons. The molecule has 0 heterocycles. The maximum absolute atomic E-state index is 13.3. The van der Waals surface area contributed by atoms with Crippen molar-refractivity contribution in [2.75, 3.05) is 7.05 Å². The third-order valence-corrected chi connectivity index (χ3v) is 3.80. The number of hydrogen-bond donors (Lipinski definition) is 1. The molecule has 0 bridgehead atoms. The first kappa shape index (κ1) is 15.8. The standard InChI is InChI=1S/C17H19ClFNO/c1-11-4-6-15(19)8-13(11)10-21-17-7-5-14(18)9-16(17)12(2)20-3/h4-9,12,20H,10H2,1-3H3. The molecule has 2 aromatic rings. The molecule has 0 amide bonds. The molecule has 1 atom stereocenters. The van der Waals surface area contributed by atoms with Gasteiger partial charge in [0.05, 0.1) is 0 Å². The number of hydrogen-bond acceptors (Lipinski definition) is 2. The summed E-state index contributed by atoms with van der Waals surface area (Å²) in [5.41, 5.74) is 2.83. The summed E-state index contributed by atoms with van der Waals surface area (Å²) in [6.45, 7) is 4.30. The number of benzene rings is 2. The van der Waals surface area contributed by atoms with Crippen LogP contribution < -0.4 is 10.1 Å². The normalized spacial score (nSPS) is 12.2. The minimum Gasteiger partial charge on any atom is -0.489 e. The third kappa shape index (κ3) is 3.96. The third-order valence-electron chi connectivity index (χ3n) is 3.57. The van der Waals surface area contributed by atoms with E-state index in [0.29, 0.717) is 11.6 Å². The van der Waals surface area contributed by atoms with Crippen molar-refractivity contribution in [2.45, 2.75) is 26.5 Å². The van der Waals surface area contributed by atoms with E-state index < -0.39 is 0 Å². The lowest BCUT2D eigenvalue weighted by Gasteiger charge is -2.17. The fourth-order valence-corrected chi connectivity index (χ4v) is 2.28. The average molecular weight is 308 g/mol. The fourth-order valence-electron chi connectivity index (χ4n) is 2.10. The Morgan fingerprint density at radius 2 is 2.00 bits per heavy atom. The predicted octanol–water partition coefficient (Wildman–Crippen LogP) is 4.65. The topological polar surface area (TPSA) is 21.3 Å². The SMILES string of the molecule is CNC(C)c1cc(Cl)ccc1OCc1cc(F)ccc1C. The molecule has 1 unspecified atom stereocenters. The first-order valence-corrected chi connectivity index (χ1v) is 7.23. The predicted molar refractivity (Wildman–Crippen MR) is 84.4 cm³/mol. The van der Waals surface area contributed by atoms with Gasteiger partial charge in [-0.1, -0.05) is 17.7 Å². The summed E-state index contributed by atoms with van der Waals surface area (Å²) >= 11 is 6.05. The monoisotopic (exact) mass is 307 g/mol. The first-order valence-electron chi connectivity index (χ1n) is 6.86. The Morgan fingerprint density at radius 1 is 1.24 bits per heavy atom. The molecule has 0 aromatic heterocycles. The Balaban J connectivity index is 2.21. The molecule has 4 heteroatoms. The van der Waals surface area contributed by atoms with E-state index in [1.165, 1.54) is 12.1 Å². The highest BCUT2D eigenvalue weighted by Gasteiger charge is 2.11. The van der Waals surface area contributed by atoms with Crippen molar-refractivity contribution < 1.29 is 9.13 Å². The largest absolute Gasteiger partial charge is 0.489 e. The lowest BCUT2D eigenvalue weighted by atomic mass is 10.1. The van der Waals surface area contributed by atoms with Crippen LogP contribution in [0.3, 0.4) is 0 Å². The molecule has 0 spiro atoms. The Labute approximate surface area is 129 Å². The summed E-state index contributed by atoms with van der Waals surface area (Å²) in [5.74, 6) is 0.504. The highest BCUT2D eigenvalue weighted by molar-refractivity contribution is 6.30. The van der Waals surface area contributed by atoms with Crippen molar-refractivity contribution in [3.8, 4) is 5.75 Å². The van der Waals surface area contributed by atoms with Crippen LogP contribution in [0.4, 0.5) is 4.39 Å². The summed E-state index contributed by atoms with van der Waals surface area (Å²) in [5, 5.41) is 3.84. The van der Waals surface area contributed by atoms with Gasteiger partial charge in [0.1, 0.15) is 18.2 Å². The van der Waals surface area contributed by atoms with Crippen LogP contribution in [0, 0.1) is 12.7 Å². The smallest absolute Gasteiger partial charge is 0.124 e. The van der Waals surface area contributed by atoms with Gasteiger partial charge in [-0.05, 0) is 62.4 Å². The van der Waals surface area contributed by atoms with E-state index in [2.05, 4.69) is 5.32 Å². The van der Waals surface area contributed by atoms with Crippen molar-refractivity contribution in [3.05, 3.63) is 63.9 Å². The Morgan fingerprint density at radius 3 is 2.71 bits per heavy atom. The van der Waals surface area contributed by atoms with Gasteiger partial charge in [-0.3, -0.25) is 0 Å². The van der Waals surface area contributed by atoms with E-state index in [9.17, 15) is 4.39 Å². The fraction of sp³-hybridized carbons (Fsp3) is 0.294. The van der Waals surface area contributed by atoms with Gasteiger partial charge in [0, 0.05) is 16.6 Å². The van der Waals surface area contributed by atoms with Crippen molar-refractivity contribution in [1.82, 2.24) is 5.32 Å². The van der Waals surface area contributed by atoms with Crippen molar-refractivity contribution in [3.63, 3.8) is 0 Å². The van der Waals surface area contributed by atoms with Crippen LogP contribution in [-0.2, 0) is 6.61 Å². The first-order chi connectivity index (χ1) is 10.0. The van der Waals surface area contributed by atoms with Crippen LogP contribution in [0.15, 0.2) is 36.4 Å². The summed E-state index contributed by atoms with van der Waals surface area (Å²) in [4.78, 5) is 0. The molecule has 2 nitrogen and oxygen atoms in total. The molecule has 0 radical (unpaired) electrons. The second kappa shape index (κ2) is 6.92. The molecule has 0 aliphatic rings. The van der Waals surface area contributed by atoms with E-state index >= 15 is 0 Å². The molecule has 0 saturated carbocycles. The van der Waals surface area contributed by atoms with Crippen molar-refractivity contribution in [2.24, 2.45) is 0 Å². The summed E-state index contributed by atoms with van der Waals surface area (Å²) in [6.07, 6.45) is 0. The highest BCUT2D eigenvalue weighted by atomic mass is 35.5. The van der Waals surface area contributed by atoms with Gasteiger partial charge in [-0.25, -0.2) is 4.39 Å². The molecule has 1 N–H and O–H groups in total. The second-order valence-corrected chi connectivity index (χ2v) is 5.49. The van der Waals surface area contributed by atoms with Gasteiger partial charge in [-0.15, -0.1) is 0 Å². The summed E-state index contributed by atoms with van der Waals surface area (Å²) < 4.78 is 19.2. The summed E-state index contributed by atoms with van der Waals surface area (Å²) in [7, 11) is 1.88. The number of halogens is 2. The Kier molecular flexibility index (Phi) is 5.21. The van der Waals surface area contributed by atoms with Gasteiger partial charge in [0.15, 0.2) is 0 Å². The van der Waals surface area contributed by atoms with Crippen LogP contribution in [0.25, 0.3) is 0 Å². The summed E-state index contributed by atoms with van der Waals surface area (Å²) in [6, 6.07) is 10.4. The second-order valence-electron chi connectivity index (χ2n) is 5.05. The maximum atomic E-state index is 13.3. The zero-order valence-corrected chi connectivity index (χ0v) is 13.2. The van der Waals surface area contributed by atoms with Gasteiger partial charge in [0.25, 0.3) is 0 Å². The number of aryl methyl sites for hydroxylation is 1. The number of rotatable bonds is 5. The highest BCUT2D eigenvalue weighted by Crippen LogP contribution is 2.29. The lowest BCUT2D eigenvalue weighted by molar-refractivity contribution is 0.299. The average Bonchev–Trinajstić information content (AvgIpc) is 2.48. The van der Waals surface area contributed by atoms with E-state index in [4.69, 9.17) is 16.3 Å². The van der Waals surface area contributed by atoms with E-state index in [0.717, 1.165) is 22.4 Å². The van der Waals surface area contributed by atoms with Crippen molar-refractivity contribution >= 4 is 11.6 Å². The van der Waals surface area contributed by atoms with Crippen LogP contribution in [0.1, 0.15) is 29.7 Å².